The zero-order valence-electron chi connectivity index (χ0n) is 18.1. The first-order valence-electron chi connectivity index (χ1n) is 10.5. The molecule has 2 aromatic rings. The number of rotatable bonds is 9. The standard InChI is InChI=1S/C21H27N3O6S2/c1-3-29-17-5-7-18(8-6-17)32(27,28)24-11-9-15(10-12-24)20(26)23-21-22-16(14-31-21)13-19(25)30-4-2/h5-8,14-15H,3-4,9-13H2,1-2H3,(H,22,23,26). The van der Waals surface area contributed by atoms with E-state index in [9.17, 15) is 18.0 Å². The van der Waals surface area contributed by atoms with Crippen molar-refractivity contribution in [1.82, 2.24) is 9.29 Å². The van der Waals surface area contributed by atoms with Crippen molar-refractivity contribution in [3.63, 3.8) is 0 Å². The molecule has 0 aliphatic carbocycles. The number of nitrogens with zero attached hydrogens (tertiary/aromatic N) is 2. The van der Waals surface area contributed by atoms with Crippen LogP contribution in [0, 0.1) is 5.92 Å². The van der Waals surface area contributed by atoms with E-state index < -0.39 is 10.0 Å². The van der Waals surface area contributed by atoms with Crippen LogP contribution in [0.1, 0.15) is 32.4 Å². The van der Waals surface area contributed by atoms with Gasteiger partial charge in [-0.1, -0.05) is 0 Å². The number of carbonyl (C=O) groups excluding carboxylic acids is 2. The number of hydrogen-bond donors (Lipinski definition) is 1. The Balaban J connectivity index is 1.53. The fourth-order valence-electron chi connectivity index (χ4n) is 3.39. The predicted molar refractivity (Wildman–Crippen MR) is 120 cm³/mol. The molecule has 1 saturated heterocycles. The van der Waals surface area contributed by atoms with Gasteiger partial charge in [-0.25, -0.2) is 13.4 Å². The molecule has 11 heteroatoms. The number of benzene rings is 1. The fraction of sp³-hybridized carbons (Fsp3) is 0.476. The maximum atomic E-state index is 12.9. The van der Waals surface area contributed by atoms with Crippen LogP contribution in [0.4, 0.5) is 5.13 Å². The lowest BCUT2D eigenvalue weighted by Crippen LogP contribution is -2.41. The molecule has 0 spiro atoms. The summed E-state index contributed by atoms with van der Waals surface area (Å²) in [5.74, 6) is -0.245. The van der Waals surface area contributed by atoms with Gasteiger partial charge in [0, 0.05) is 24.4 Å². The number of anilines is 1. The maximum absolute atomic E-state index is 12.9. The molecular weight excluding hydrogens is 454 g/mol. The Kier molecular flexibility index (Phi) is 8.21. The lowest BCUT2D eigenvalue weighted by molar-refractivity contribution is -0.142. The molecule has 0 atom stereocenters. The number of piperidine rings is 1. The number of thiazole rings is 1. The number of sulfonamides is 1. The molecule has 1 aromatic carbocycles. The summed E-state index contributed by atoms with van der Waals surface area (Å²) in [5, 5.41) is 4.90. The van der Waals surface area contributed by atoms with Crippen LogP contribution in [0.15, 0.2) is 34.5 Å². The molecule has 1 aromatic heterocycles. The van der Waals surface area contributed by atoms with E-state index in [4.69, 9.17) is 9.47 Å². The number of nitrogens with one attached hydrogen (secondary N) is 1. The zero-order chi connectivity index (χ0) is 23.1. The third kappa shape index (κ3) is 6.05. The first-order chi connectivity index (χ1) is 15.3. The van der Waals surface area contributed by atoms with Gasteiger partial charge in [0.25, 0.3) is 0 Å². The predicted octanol–water partition coefficient (Wildman–Crippen LogP) is 2.69. The number of aromatic nitrogens is 1. The van der Waals surface area contributed by atoms with Crippen LogP contribution in [0.3, 0.4) is 0 Å². The SMILES string of the molecule is CCOC(=O)Cc1csc(NC(=O)C2CCN(S(=O)(=O)c3ccc(OCC)cc3)CC2)n1. The number of esters is 1. The summed E-state index contributed by atoms with van der Waals surface area (Å²) < 4.78 is 37.5. The van der Waals surface area contributed by atoms with E-state index in [1.807, 2.05) is 6.92 Å². The van der Waals surface area contributed by atoms with Gasteiger partial charge < -0.3 is 14.8 Å². The lowest BCUT2D eigenvalue weighted by Gasteiger charge is -2.30. The molecule has 174 valence electrons. The number of amides is 1. The van der Waals surface area contributed by atoms with Crippen LogP contribution in [0.5, 0.6) is 5.75 Å². The van der Waals surface area contributed by atoms with Crippen molar-refractivity contribution < 1.29 is 27.5 Å². The Bertz CT molecular complexity index is 1030. The second-order valence-electron chi connectivity index (χ2n) is 7.20. The van der Waals surface area contributed by atoms with Crippen LogP contribution in [0.2, 0.25) is 0 Å². The molecule has 2 heterocycles. The second-order valence-corrected chi connectivity index (χ2v) is 9.99. The van der Waals surface area contributed by atoms with E-state index in [1.165, 1.54) is 27.8 Å². The molecule has 1 amide bonds. The summed E-state index contributed by atoms with van der Waals surface area (Å²) in [7, 11) is -3.62. The summed E-state index contributed by atoms with van der Waals surface area (Å²) in [6, 6.07) is 6.35. The highest BCUT2D eigenvalue weighted by molar-refractivity contribution is 7.89. The second kappa shape index (κ2) is 10.9. The molecule has 0 unspecified atom stereocenters. The number of hydrogen-bond acceptors (Lipinski definition) is 8. The third-order valence-corrected chi connectivity index (χ3v) is 7.73. The summed E-state index contributed by atoms with van der Waals surface area (Å²) in [6.45, 7) is 4.94. The van der Waals surface area contributed by atoms with Gasteiger partial charge in [-0.05, 0) is 51.0 Å². The van der Waals surface area contributed by atoms with E-state index >= 15 is 0 Å². The molecule has 0 saturated carbocycles. The van der Waals surface area contributed by atoms with Crippen molar-refractivity contribution in [2.75, 3.05) is 31.6 Å². The van der Waals surface area contributed by atoms with Crippen LogP contribution in [-0.2, 0) is 30.8 Å². The molecule has 1 aliphatic heterocycles. The largest absolute Gasteiger partial charge is 0.494 e. The first kappa shape index (κ1) is 24.1. The van der Waals surface area contributed by atoms with Gasteiger partial charge in [-0.3, -0.25) is 9.59 Å². The number of carbonyl (C=O) groups is 2. The highest BCUT2D eigenvalue weighted by Crippen LogP contribution is 2.26. The summed E-state index contributed by atoms with van der Waals surface area (Å²) >= 11 is 1.24. The van der Waals surface area contributed by atoms with Crippen LogP contribution in [0.25, 0.3) is 0 Å². The van der Waals surface area contributed by atoms with Gasteiger partial charge in [0.2, 0.25) is 15.9 Å². The first-order valence-corrected chi connectivity index (χ1v) is 12.8. The average molecular weight is 482 g/mol. The van der Waals surface area contributed by atoms with Crippen LogP contribution in [-0.4, -0.2) is 55.9 Å². The van der Waals surface area contributed by atoms with Crippen LogP contribution >= 0.6 is 11.3 Å². The monoisotopic (exact) mass is 481 g/mol. The number of ether oxygens (including phenoxy) is 2. The molecule has 0 bridgehead atoms. The smallest absolute Gasteiger partial charge is 0.311 e. The Labute approximate surface area is 191 Å². The normalized spacial score (nSPS) is 15.3. The topological polar surface area (TPSA) is 115 Å². The van der Waals surface area contributed by atoms with Crippen molar-refractivity contribution in [3.8, 4) is 5.75 Å². The van der Waals surface area contributed by atoms with Crippen LogP contribution < -0.4 is 10.1 Å². The summed E-state index contributed by atoms with van der Waals surface area (Å²) in [5.41, 5.74) is 0.542. The van der Waals surface area contributed by atoms with Gasteiger partial charge >= 0.3 is 5.97 Å². The minimum atomic E-state index is -3.62. The summed E-state index contributed by atoms with van der Waals surface area (Å²) in [6.07, 6.45) is 0.897. The van der Waals surface area contributed by atoms with Gasteiger partial charge in [0.15, 0.2) is 5.13 Å². The lowest BCUT2D eigenvalue weighted by atomic mass is 9.97. The molecular formula is C21H27N3O6S2. The minimum absolute atomic E-state index is 0.0575. The Morgan fingerprint density at radius 3 is 2.47 bits per heavy atom. The molecule has 1 N–H and O–H groups in total. The average Bonchev–Trinajstić information content (AvgIpc) is 3.21. The van der Waals surface area contributed by atoms with Gasteiger partial charge in [-0.2, -0.15) is 4.31 Å². The van der Waals surface area contributed by atoms with Gasteiger partial charge in [0.1, 0.15) is 5.75 Å². The maximum Gasteiger partial charge on any atom is 0.311 e. The van der Waals surface area contributed by atoms with Gasteiger partial charge in [0.05, 0.1) is 30.2 Å². The highest BCUT2D eigenvalue weighted by Gasteiger charge is 2.32. The van der Waals surface area contributed by atoms with E-state index in [0.717, 1.165) is 0 Å². The van der Waals surface area contributed by atoms with E-state index in [0.29, 0.717) is 42.6 Å². The van der Waals surface area contributed by atoms with Crippen molar-refractivity contribution in [1.29, 1.82) is 0 Å². The van der Waals surface area contributed by atoms with Crippen molar-refractivity contribution >= 4 is 38.4 Å². The van der Waals surface area contributed by atoms with Gasteiger partial charge in [-0.15, -0.1) is 11.3 Å². The quantitative estimate of drug-likeness (QED) is 0.548. The molecule has 9 nitrogen and oxygen atoms in total. The molecule has 3 rings (SSSR count). The highest BCUT2D eigenvalue weighted by atomic mass is 32.2. The molecule has 32 heavy (non-hydrogen) atoms. The molecule has 1 fully saturated rings. The molecule has 0 radical (unpaired) electrons. The molecule has 1 aliphatic rings. The van der Waals surface area contributed by atoms with Crippen molar-refractivity contribution in [2.24, 2.45) is 5.92 Å². The fourth-order valence-corrected chi connectivity index (χ4v) is 5.58. The van der Waals surface area contributed by atoms with E-state index in [-0.39, 0.29) is 42.2 Å². The third-order valence-electron chi connectivity index (χ3n) is 5.01. The minimum Gasteiger partial charge on any atom is -0.494 e. The van der Waals surface area contributed by atoms with Crippen molar-refractivity contribution in [2.45, 2.75) is 38.0 Å². The Morgan fingerprint density at radius 2 is 1.84 bits per heavy atom. The van der Waals surface area contributed by atoms with Crippen molar-refractivity contribution in [3.05, 3.63) is 35.3 Å². The Hall–Kier alpha value is -2.50. The summed E-state index contributed by atoms with van der Waals surface area (Å²) in [4.78, 5) is 28.6. The Morgan fingerprint density at radius 1 is 1.16 bits per heavy atom. The van der Waals surface area contributed by atoms with E-state index in [1.54, 1.807) is 24.4 Å². The zero-order valence-corrected chi connectivity index (χ0v) is 19.7. The van der Waals surface area contributed by atoms with E-state index in [2.05, 4.69) is 10.3 Å².